The second-order valence-electron chi connectivity index (χ2n) is 7.45. The summed E-state index contributed by atoms with van der Waals surface area (Å²) in [6.07, 6.45) is 10.7. The SMILES string of the molecule is COc1cncc(C(CC(=O)O)N=C(C=CN)CCCc2ccc3c(n2)NCCC3)c1. The van der Waals surface area contributed by atoms with Crippen LogP contribution in [0.25, 0.3) is 0 Å². The van der Waals surface area contributed by atoms with Crippen molar-refractivity contribution in [2.75, 3.05) is 19.0 Å². The Kier molecular flexibility index (Phi) is 7.98. The van der Waals surface area contributed by atoms with Crippen molar-refractivity contribution in [2.24, 2.45) is 10.7 Å². The van der Waals surface area contributed by atoms with Crippen LogP contribution in [0.4, 0.5) is 5.82 Å². The number of fused-ring (bicyclic) bond motifs is 1. The Morgan fingerprint density at radius 2 is 2.29 bits per heavy atom. The van der Waals surface area contributed by atoms with Gasteiger partial charge in [0.15, 0.2) is 0 Å². The lowest BCUT2D eigenvalue weighted by Crippen LogP contribution is -2.14. The van der Waals surface area contributed by atoms with Crippen LogP contribution in [0.2, 0.25) is 0 Å². The Morgan fingerprint density at radius 1 is 1.42 bits per heavy atom. The van der Waals surface area contributed by atoms with Crippen LogP contribution < -0.4 is 15.8 Å². The van der Waals surface area contributed by atoms with Gasteiger partial charge < -0.3 is 20.9 Å². The number of nitrogens with two attached hydrogens (primary N) is 1. The standard InChI is InChI=1S/C23H29N5O3/c1-31-20-12-17(14-25-15-20)21(13-22(29)30)27-19(9-10-24)6-2-5-18-8-7-16-4-3-11-26-23(16)28-18/h7-10,12,14-15,21H,2-6,11,13,24H2,1H3,(H,26,28)(H,29,30). The van der Waals surface area contributed by atoms with Gasteiger partial charge in [0.25, 0.3) is 0 Å². The van der Waals surface area contributed by atoms with Gasteiger partial charge in [0, 0.05) is 24.1 Å². The van der Waals surface area contributed by atoms with Gasteiger partial charge in [-0.2, -0.15) is 0 Å². The first-order valence-corrected chi connectivity index (χ1v) is 10.5. The monoisotopic (exact) mass is 423 g/mol. The van der Waals surface area contributed by atoms with Crippen LogP contribution in [0.3, 0.4) is 0 Å². The summed E-state index contributed by atoms with van der Waals surface area (Å²) in [6, 6.07) is 5.42. The zero-order chi connectivity index (χ0) is 22.1. The molecule has 1 atom stereocenters. The summed E-state index contributed by atoms with van der Waals surface area (Å²) in [7, 11) is 1.54. The van der Waals surface area contributed by atoms with Crippen molar-refractivity contribution in [3.63, 3.8) is 0 Å². The van der Waals surface area contributed by atoms with Crippen LogP contribution in [0.5, 0.6) is 5.75 Å². The molecule has 0 aromatic carbocycles. The molecule has 0 fully saturated rings. The molecule has 2 aromatic heterocycles. The van der Waals surface area contributed by atoms with Gasteiger partial charge in [-0.1, -0.05) is 6.07 Å². The molecular formula is C23H29N5O3. The number of nitrogens with one attached hydrogen (secondary N) is 1. The molecular weight excluding hydrogens is 394 g/mol. The Bertz CT molecular complexity index is 958. The van der Waals surface area contributed by atoms with Crippen molar-refractivity contribution in [2.45, 2.75) is 44.6 Å². The van der Waals surface area contributed by atoms with E-state index in [-0.39, 0.29) is 6.42 Å². The van der Waals surface area contributed by atoms with E-state index in [4.69, 9.17) is 20.4 Å². The van der Waals surface area contributed by atoms with Crippen LogP contribution in [-0.4, -0.2) is 40.4 Å². The van der Waals surface area contributed by atoms with E-state index >= 15 is 0 Å². The number of aromatic nitrogens is 2. The molecule has 0 aliphatic carbocycles. The number of carboxylic acid groups (broad SMARTS) is 1. The quantitative estimate of drug-likeness (QED) is 0.501. The predicted octanol–water partition coefficient (Wildman–Crippen LogP) is 3.30. The summed E-state index contributed by atoms with van der Waals surface area (Å²) in [5.74, 6) is 0.621. The zero-order valence-corrected chi connectivity index (χ0v) is 17.8. The highest BCUT2D eigenvalue weighted by atomic mass is 16.5. The minimum atomic E-state index is -0.932. The maximum atomic E-state index is 11.4. The summed E-state index contributed by atoms with van der Waals surface area (Å²) < 4.78 is 5.21. The van der Waals surface area contributed by atoms with Crippen molar-refractivity contribution in [1.82, 2.24) is 9.97 Å². The molecule has 31 heavy (non-hydrogen) atoms. The number of allylic oxidation sites excluding steroid dienone is 1. The maximum Gasteiger partial charge on any atom is 0.305 e. The maximum absolute atomic E-state index is 11.4. The fourth-order valence-corrected chi connectivity index (χ4v) is 3.59. The molecule has 164 valence electrons. The summed E-state index contributed by atoms with van der Waals surface area (Å²) in [5, 5.41) is 12.7. The molecule has 4 N–H and O–H groups in total. The van der Waals surface area contributed by atoms with E-state index in [9.17, 15) is 9.90 Å². The number of pyridine rings is 2. The number of nitrogens with zero attached hydrogens (tertiary/aromatic N) is 3. The number of aliphatic imine (C=N–C) groups is 1. The van der Waals surface area contributed by atoms with Crippen LogP contribution in [0.15, 0.2) is 47.9 Å². The predicted molar refractivity (Wildman–Crippen MR) is 121 cm³/mol. The van der Waals surface area contributed by atoms with Crippen LogP contribution in [0.1, 0.15) is 48.5 Å². The van der Waals surface area contributed by atoms with Gasteiger partial charge in [-0.25, -0.2) is 4.98 Å². The Morgan fingerprint density at radius 3 is 3.06 bits per heavy atom. The lowest BCUT2D eigenvalue weighted by Gasteiger charge is -2.17. The van der Waals surface area contributed by atoms with E-state index in [2.05, 4.69) is 22.4 Å². The molecule has 1 aliphatic heterocycles. The second kappa shape index (κ2) is 11.1. The summed E-state index contributed by atoms with van der Waals surface area (Å²) in [6.45, 7) is 0.964. The molecule has 8 nitrogen and oxygen atoms in total. The molecule has 0 bridgehead atoms. The summed E-state index contributed by atoms with van der Waals surface area (Å²) in [5.41, 5.74) is 9.35. The third-order valence-corrected chi connectivity index (χ3v) is 5.15. The molecule has 1 unspecified atom stereocenters. The van der Waals surface area contributed by atoms with Gasteiger partial charge in [-0.15, -0.1) is 0 Å². The lowest BCUT2D eigenvalue weighted by molar-refractivity contribution is -0.137. The molecule has 0 saturated heterocycles. The molecule has 1 aliphatic rings. The largest absolute Gasteiger partial charge is 0.495 e. The first kappa shape index (κ1) is 22.3. The third kappa shape index (κ3) is 6.53. The number of carbonyl (C=O) groups is 1. The number of aliphatic carboxylic acids is 1. The molecule has 3 rings (SSSR count). The number of carboxylic acids is 1. The van der Waals surface area contributed by atoms with Crippen molar-refractivity contribution >= 4 is 17.5 Å². The van der Waals surface area contributed by atoms with E-state index in [1.165, 1.54) is 11.8 Å². The normalized spacial score (nSPS) is 14.7. The average Bonchev–Trinajstić information content (AvgIpc) is 2.78. The molecule has 3 heterocycles. The van der Waals surface area contributed by atoms with Crippen LogP contribution in [0, 0.1) is 0 Å². The van der Waals surface area contributed by atoms with Crippen molar-refractivity contribution in [3.05, 3.63) is 59.7 Å². The minimum Gasteiger partial charge on any atom is -0.495 e. The van der Waals surface area contributed by atoms with Gasteiger partial charge in [0.2, 0.25) is 0 Å². The number of aryl methyl sites for hydroxylation is 2. The average molecular weight is 424 g/mol. The van der Waals surface area contributed by atoms with Gasteiger partial charge in [0.05, 0.1) is 25.8 Å². The Hall–Kier alpha value is -3.42. The highest BCUT2D eigenvalue weighted by molar-refractivity contribution is 5.95. The van der Waals surface area contributed by atoms with Crippen LogP contribution >= 0.6 is 0 Å². The van der Waals surface area contributed by atoms with Crippen LogP contribution in [-0.2, 0) is 17.6 Å². The van der Waals surface area contributed by atoms with E-state index in [0.717, 1.165) is 49.5 Å². The molecule has 0 spiro atoms. The molecule has 2 aromatic rings. The first-order valence-electron chi connectivity index (χ1n) is 10.5. The van der Waals surface area contributed by atoms with E-state index in [0.29, 0.717) is 17.7 Å². The van der Waals surface area contributed by atoms with E-state index in [1.807, 2.05) is 0 Å². The number of methoxy groups -OCH3 is 1. The Labute approximate surface area is 182 Å². The van der Waals surface area contributed by atoms with Crippen molar-refractivity contribution < 1.29 is 14.6 Å². The van der Waals surface area contributed by atoms with Crippen molar-refractivity contribution in [3.8, 4) is 5.75 Å². The van der Waals surface area contributed by atoms with E-state index in [1.54, 1.807) is 31.6 Å². The fourth-order valence-electron chi connectivity index (χ4n) is 3.59. The van der Waals surface area contributed by atoms with Gasteiger partial charge in [-0.05, 0) is 67.6 Å². The van der Waals surface area contributed by atoms with E-state index < -0.39 is 12.0 Å². The van der Waals surface area contributed by atoms with Gasteiger partial charge >= 0.3 is 5.97 Å². The lowest BCUT2D eigenvalue weighted by atomic mass is 10.0. The highest BCUT2D eigenvalue weighted by Crippen LogP contribution is 2.25. The number of hydrogen-bond donors (Lipinski definition) is 3. The molecule has 8 heteroatoms. The zero-order valence-electron chi connectivity index (χ0n) is 17.8. The molecule has 0 saturated carbocycles. The fraction of sp³-hybridized carbons (Fsp3) is 0.391. The number of hydrogen-bond acceptors (Lipinski definition) is 7. The number of ether oxygens (including phenoxy) is 1. The molecule has 0 radical (unpaired) electrons. The topological polar surface area (TPSA) is 123 Å². The third-order valence-electron chi connectivity index (χ3n) is 5.15. The summed E-state index contributed by atoms with van der Waals surface area (Å²) in [4.78, 5) is 25.0. The molecule has 0 amide bonds. The minimum absolute atomic E-state index is 0.144. The summed E-state index contributed by atoms with van der Waals surface area (Å²) >= 11 is 0. The number of anilines is 1. The van der Waals surface area contributed by atoms with Crippen molar-refractivity contribution in [1.29, 1.82) is 0 Å². The van der Waals surface area contributed by atoms with Gasteiger partial charge in [-0.3, -0.25) is 14.8 Å². The second-order valence-corrected chi connectivity index (χ2v) is 7.45. The first-order chi connectivity index (χ1) is 15.1. The number of rotatable bonds is 10. The Balaban J connectivity index is 1.71. The van der Waals surface area contributed by atoms with Gasteiger partial charge in [0.1, 0.15) is 11.6 Å². The highest BCUT2D eigenvalue weighted by Gasteiger charge is 2.17. The smallest absolute Gasteiger partial charge is 0.305 e.